The van der Waals surface area contributed by atoms with Gasteiger partial charge in [0, 0.05) is 11.3 Å². The minimum Gasteiger partial charge on any atom is -0.350 e. The Kier molecular flexibility index (Phi) is 5.12. The van der Waals surface area contributed by atoms with E-state index in [1.54, 1.807) is 11.0 Å². The fourth-order valence-corrected chi connectivity index (χ4v) is 4.15. The van der Waals surface area contributed by atoms with Crippen LogP contribution in [0.2, 0.25) is 0 Å². The zero-order valence-corrected chi connectivity index (χ0v) is 16.0. The Hall–Kier alpha value is -3.13. The molecule has 142 valence electrons. The van der Waals surface area contributed by atoms with Gasteiger partial charge in [-0.05, 0) is 36.8 Å². The van der Waals surface area contributed by atoms with E-state index in [0.717, 1.165) is 21.8 Å². The highest BCUT2D eigenvalue weighted by atomic mass is 32.2. The molecule has 0 spiro atoms. The van der Waals surface area contributed by atoms with Gasteiger partial charge in [-0.3, -0.25) is 9.59 Å². The first kappa shape index (κ1) is 18.2. The molecule has 2 heterocycles. The summed E-state index contributed by atoms with van der Waals surface area (Å²) in [6, 6.07) is 15.2. The lowest BCUT2D eigenvalue weighted by Crippen LogP contribution is -2.35. The number of aromatic nitrogens is 3. The number of anilines is 1. The van der Waals surface area contributed by atoms with Gasteiger partial charge in [-0.1, -0.05) is 24.3 Å². The number of hydrogen-bond acceptors (Lipinski definition) is 5. The van der Waals surface area contributed by atoms with Crippen molar-refractivity contribution in [1.29, 1.82) is 0 Å². The number of carbonyl (C=O) groups is 2. The highest BCUT2D eigenvalue weighted by Gasteiger charge is 2.29. The number of fused-ring (bicyclic) bond motifs is 1. The van der Waals surface area contributed by atoms with Gasteiger partial charge in [-0.2, -0.15) is 5.10 Å². The predicted octanol–water partition coefficient (Wildman–Crippen LogP) is 2.95. The van der Waals surface area contributed by atoms with Crippen molar-refractivity contribution in [3.8, 4) is 5.69 Å². The van der Waals surface area contributed by atoms with E-state index in [2.05, 4.69) is 20.7 Å². The molecule has 0 fully saturated rings. The number of para-hydroxylation sites is 1. The molecule has 2 aromatic carbocycles. The summed E-state index contributed by atoms with van der Waals surface area (Å²) in [5, 5.41) is 9.50. The molecule has 8 heteroatoms. The van der Waals surface area contributed by atoms with Crippen molar-refractivity contribution in [3.63, 3.8) is 0 Å². The topological polar surface area (TPSA) is 88.9 Å². The molecule has 0 radical (unpaired) electrons. The standard InChI is InChI=1S/C20H19N5O2S/c1-13(14-6-8-15(9-7-14)25-12-21-11-22-25)23-19(26)10-18-20(27)24-16-4-2-3-5-17(16)28-18/h2-9,11-13,18H,10H2,1H3,(H,23,26)(H,24,27)/t13-,18-/m0/s1. The maximum Gasteiger partial charge on any atom is 0.238 e. The minimum absolute atomic E-state index is 0.131. The fourth-order valence-electron chi connectivity index (χ4n) is 3.04. The lowest BCUT2D eigenvalue weighted by Gasteiger charge is -2.24. The maximum atomic E-state index is 12.5. The SMILES string of the molecule is C[C@H](NC(=O)C[C@@H]1Sc2ccccc2NC1=O)c1ccc(-n2cncn2)cc1. The first-order chi connectivity index (χ1) is 13.6. The summed E-state index contributed by atoms with van der Waals surface area (Å²) in [7, 11) is 0. The molecule has 0 bridgehead atoms. The fraction of sp³-hybridized carbons (Fsp3) is 0.200. The highest BCUT2D eigenvalue weighted by molar-refractivity contribution is 8.01. The van der Waals surface area contributed by atoms with Crippen molar-refractivity contribution in [2.45, 2.75) is 29.5 Å². The first-order valence-corrected chi connectivity index (χ1v) is 9.79. The minimum atomic E-state index is -0.434. The number of hydrogen-bond donors (Lipinski definition) is 2. The summed E-state index contributed by atoms with van der Waals surface area (Å²) in [4.78, 5) is 29.7. The molecule has 28 heavy (non-hydrogen) atoms. The van der Waals surface area contributed by atoms with Crippen molar-refractivity contribution in [3.05, 3.63) is 66.7 Å². The number of nitrogens with zero attached hydrogens (tertiary/aromatic N) is 3. The third-order valence-corrected chi connectivity index (χ3v) is 5.81. The molecule has 0 aliphatic carbocycles. The van der Waals surface area contributed by atoms with E-state index in [9.17, 15) is 9.59 Å². The van der Waals surface area contributed by atoms with Crippen LogP contribution in [0.5, 0.6) is 0 Å². The average Bonchev–Trinajstić information content (AvgIpc) is 3.23. The molecule has 3 aromatic rings. The molecule has 0 unspecified atom stereocenters. The number of amides is 2. The Morgan fingerprint density at radius 3 is 2.79 bits per heavy atom. The summed E-state index contributed by atoms with van der Waals surface area (Å²) in [5.74, 6) is -0.288. The molecule has 0 saturated heterocycles. The molecule has 7 nitrogen and oxygen atoms in total. The third kappa shape index (κ3) is 3.91. The second kappa shape index (κ2) is 7.85. The molecule has 2 atom stereocenters. The lowest BCUT2D eigenvalue weighted by molar-refractivity contribution is -0.124. The van der Waals surface area contributed by atoms with Crippen molar-refractivity contribution < 1.29 is 9.59 Å². The van der Waals surface area contributed by atoms with Crippen LogP contribution in [0.1, 0.15) is 24.9 Å². The van der Waals surface area contributed by atoms with E-state index >= 15 is 0 Å². The molecule has 1 aromatic heterocycles. The molecular formula is C20H19N5O2S. The van der Waals surface area contributed by atoms with Crippen molar-refractivity contribution in [1.82, 2.24) is 20.1 Å². The molecule has 0 saturated carbocycles. The molecule has 2 N–H and O–H groups in total. The maximum absolute atomic E-state index is 12.5. The molecule has 2 amide bonds. The Labute approximate surface area is 166 Å². The second-order valence-corrected chi connectivity index (χ2v) is 7.76. The van der Waals surface area contributed by atoms with Crippen LogP contribution < -0.4 is 10.6 Å². The van der Waals surface area contributed by atoms with Crippen molar-refractivity contribution in [2.24, 2.45) is 0 Å². The van der Waals surface area contributed by atoms with Gasteiger partial charge < -0.3 is 10.6 Å². The van der Waals surface area contributed by atoms with Crippen molar-refractivity contribution in [2.75, 3.05) is 5.32 Å². The van der Waals surface area contributed by atoms with E-state index in [0.29, 0.717) is 0 Å². The van der Waals surface area contributed by atoms with E-state index in [1.165, 1.54) is 18.1 Å². The molecule has 1 aliphatic rings. The molecular weight excluding hydrogens is 374 g/mol. The van der Waals surface area contributed by atoms with E-state index in [4.69, 9.17) is 0 Å². The summed E-state index contributed by atoms with van der Waals surface area (Å²) < 4.78 is 1.67. The van der Waals surface area contributed by atoms with Crippen LogP contribution in [0, 0.1) is 0 Å². The second-order valence-electron chi connectivity index (χ2n) is 6.52. The Morgan fingerprint density at radius 2 is 2.04 bits per heavy atom. The van der Waals surface area contributed by atoms with E-state index in [-0.39, 0.29) is 24.3 Å². The zero-order chi connectivity index (χ0) is 19.5. The highest BCUT2D eigenvalue weighted by Crippen LogP contribution is 2.36. The van der Waals surface area contributed by atoms with Crippen LogP contribution in [-0.4, -0.2) is 31.8 Å². The third-order valence-electron chi connectivity index (χ3n) is 4.53. The zero-order valence-electron chi connectivity index (χ0n) is 15.2. The normalized spacial score (nSPS) is 16.8. The van der Waals surface area contributed by atoms with Crippen LogP contribution in [-0.2, 0) is 9.59 Å². The van der Waals surface area contributed by atoms with Gasteiger partial charge in [-0.15, -0.1) is 11.8 Å². The quantitative estimate of drug-likeness (QED) is 0.696. The number of thioether (sulfide) groups is 1. The van der Waals surface area contributed by atoms with Gasteiger partial charge in [0.15, 0.2) is 0 Å². The number of carbonyl (C=O) groups excluding carboxylic acids is 2. The average molecular weight is 393 g/mol. The van der Waals surface area contributed by atoms with Gasteiger partial charge in [0.25, 0.3) is 0 Å². The Morgan fingerprint density at radius 1 is 1.25 bits per heavy atom. The lowest BCUT2D eigenvalue weighted by atomic mass is 10.1. The Balaban J connectivity index is 1.36. The first-order valence-electron chi connectivity index (χ1n) is 8.91. The van der Waals surface area contributed by atoms with Gasteiger partial charge in [0.2, 0.25) is 11.8 Å². The van der Waals surface area contributed by atoms with Crippen molar-refractivity contribution >= 4 is 29.3 Å². The van der Waals surface area contributed by atoms with E-state index < -0.39 is 5.25 Å². The number of benzene rings is 2. The van der Waals surface area contributed by atoms with Gasteiger partial charge in [-0.25, -0.2) is 9.67 Å². The summed E-state index contributed by atoms with van der Waals surface area (Å²) in [6.45, 7) is 1.92. The van der Waals surface area contributed by atoms with E-state index in [1.807, 2.05) is 55.5 Å². The summed E-state index contributed by atoms with van der Waals surface area (Å²) in [6.07, 6.45) is 3.24. The smallest absolute Gasteiger partial charge is 0.238 e. The predicted molar refractivity (Wildman–Crippen MR) is 107 cm³/mol. The van der Waals surface area contributed by atoms with Crippen LogP contribution in [0.3, 0.4) is 0 Å². The van der Waals surface area contributed by atoms with Gasteiger partial charge in [0.05, 0.1) is 22.7 Å². The van der Waals surface area contributed by atoms with Crippen LogP contribution in [0.25, 0.3) is 5.69 Å². The van der Waals surface area contributed by atoms with Crippen LogP contribution in [0.4, 0.5) is 5.69 Å². The number of rotatable bonds is 5. The van der Waals surface area contributed by atoms with Crippen LogP contribution >= 0.6 is 11.8 Å². The summed E-state index contributed by atoms with van der Waals surface area (Å²) >= 11 is 1.43. The molecule has 1 aliphatic heterocycles. The number of nitrogens with one attached hydrogen (secondary N) is 2. The Bertz CT molecular complexity index is 988. The van der Waals surface area contributed by atoms with Crippen LogP contribution in [0.15, 0.2) is 66.1 Å². The largest absolute Gasteiger partial charge is 0.350 e. The monoisotopic (exact) mass is 393 g/mol. The summed E-state index contributed by atoms with van der Waals surface area (Å²) in [5.41, 5.74) is 2.67. The van der Waals surface area contributed by atoms with Gasteiger partial charge in [0.1, 0.15) is 12.7 Å². The molecule has 4 rings (SSSR count). The van der Waals surface area contributed by atoms with Gasteiger partial charge >= 0.3 is 0 Å².